The van der Waals surface area contributed by atoms with Crippen LogP contribution >= 0.6 is 0 Å². The first-order valence-electron chi connectivity index (χ1n) is 11.9. The number of amides is 1. The molecule has 1 aliphatic heterocycles. The molecule has 5 rings (SSSR count). The molecule has 0 aliphatic carbocycles. The Hall–Kier alpha value is -4.18. The van der Waals surface area contributed by atoms with Gasteiger partial charge in [-0.05, 0) is 49.5 Å². The Bertz CT molecular complexity index is 1350. The van der Waals surface area contributed by atoms with Crippen LogP contribution in [-0.2, 0) is 0 Å². The van der Waals surface area contributed by atoms with Gasteiger partial charge in [0.15, 0.2) is 17.3 Å². The van der Waals surface area contributed by atoms with Crippen molar-refractivity contribution in [3.63, 3.8) is 0 Å². The van der Waals surface area contributed by atoms with Crippen LogP contribution in [0.2, 0.25) is 0 Å². The van der Waals surface area contributed by atoms with E-state index in [4.69, 9.17) is 18.9 Å². The molecule has 0 N–H and O–H groups in total. The molecule has 0 spiro atoms. The second-order valence-electron chi connectivity index (χ2n) is 8.36. The monoisotopic (exact) mass is 488 g/mol. The first-order chi connectivity index (χ1) is 17.6. The van der Waals surface area contributed by atoms with Crippen LogP contribution in [0.5, 0.6) is 11.5 Å². The van der Waals surface area contributed by atoms with Gasteiger partial charge in [-0.25, -0.2) is 9.97 Å². The van der Waals surface area contributed by atoms with Crippen LogP contribution in [-0.4, -0.2) is 75.5 Å². The van der Waals surface area contributed by atoms with E-state index >= 15 is 0 Å². The fraction of sp³-hybridized carbons (Fsp3) is 0.308. The minimum atomic E-state index is -0.147. The Balaban J connectivity index is 1.49. The van der Waals surface area contributed by atoms with Crippen molar-refractivity contribution >= 4 is 5.91 Å². The topological polar surface area (TPSA) is 98.8 Å². The smallest absolute Gasteiger partial charge is 0.257 e. The van der Waals surface area contributed by atoms with Gasteiger partial charge >= 0.3 is 0 Å². The number of hydrogen-bond donors (Lipinski definition) is 0. The second kappa shape index (κ2) is 10.2. The van der Waals surface area contributed by atoms with Crippen LogP contribution in [0.3, 0.4) is 0 Å². The molecule has 0 saturated heterocycles. The summed E-state index contributed by atoms with van der Waals surface area (Å²) in [5.41, 5.74) is 2.46. The normalized spacial score (nSPS) is 12.3. The molecule has 0 fully saturated rings. The van der Waals surface area contributed by atoms with E-state index in [1.54, 1.807) is 47.4 Å². The number of ether oxygens (including phenoxy) is 2. The molecule has 4 aromatic rings. The summed E-state index contributed by atoms with van der Waals surface area (Å²) in [6, 6.07) is 11.0. The number of furan rings is 1. The molecule has 36 heavy (non-hydrogen) atoms. The quantitative estimate of drug-likeness (QED) is 0.351. The van der Waals surface area contributed by atoms with Crippen molar-refractivity contribution in [3.05, 3.63) is 60.6 Å². The van der Waals surface area contributed by atoms with Gasteiger partial charge in [-0.3, -0.25) is 4.79 Å². The number of carbonyl (C=O) groups excluding carboxylic acids is 1. The number of fused-ring (bicyclic) bond motifs is 1. The van der Waals surface area contributed by atoms with Gasteiger partial charge in [-0.15, -0.1) is 0 Å². The molecule has 186 valence electrons. The standard InChI is InChI=1S/C26H28N6O4/c1-4-31(5-2)13-12-30(3)25(33)19-16-28-32(24(19)22-7-6-14-34-22)26-27-11-10-20(29-26)18-8-9-21-23(15-18)36-17-35-21/h6-11,14-16H,4-5,12-13,17H2,1-3H3. The molecule has 4 heterocycles. The van der Waals surface area contributed by atoms with Gasteiger partial charge < -0.3 is 23.7 Å². The van der Waals surface area contributed by atoms with Crippen LogP contribution in [0.4, 0.5) is 0 Å². The molecule has 0 atom stereocenters. The molecule has 0 saturated carbocycles. The van der Waals surface area contributed by atoms with Gasteiger partial charge in [0.1, 0.15) is 5.69 Å². The Morgan fingerprint density at radius 2 is 1.92 bits per heavy atom. The highest BCUT2D eigenvalue weighted by Gasteiger charge is 2.25. The number of aromatic nitrogens is 4. The van der Waals surface area contributed by atoms with Gasteiger partial charge in [-0.2, -0.15) is 9.78 Å². The Labute approximate surface area is 209 Å². The molecular weight excluding hydrogens is 460 g/mol. The van der Waals surface area contributed by atoms with Crippen molar-refractivity contribution in [1.82, 2.24) is 29.5 Å². The lowest BCUT2D eigenvalue weighted by Crippen LogP contribution is -2.36. The van der Waals surface area contributed by atoms with E-state index < -0.39 is 0 Å². The Morgan fingerprint density at radius 1 is 1.08 bits per heavy atom. The number of rotatable bonds is 9. The van der Waals surface area contributed by atoms with E-state index in [0.29, 0.717) is 46.7 Å². The maximum atomic E-state index is 13.4. The largest absolute Gasteiger partial charge is 0.463 e. The molecule has 0 bridgehead atoms. The van der Waals surface area contributed by atoms with Gasteiger partial charge in [0.05, 0.1) is 23.7 Å². The van der Waals surface area contributed by atoms with Crippen LogP contribution in [0, 0.1) is 0 Å². The average Bonchev–Trinajstić information content (AvgIpc) is 3.68. The second-order valence-corrected chi connectivity index (χ2v) is 8.36. The van der Waals surface area contributed by atoms with E-state index in [-0.39, 0.29) is 12.7 Å². The third-order valence-electron chi connectivity index (χ3n) is 6.25. The van der Waals surface area contributed by atoms with Crippen molar-refractivity contribution in [2.75, 3.05) is 40.0 Å². The van der Waals surface area contributed by atoms with Crippen LogP contribution in [0.25, 0.3) is 28.7 Å². The van der Waals surface area contributed by atoms with E-state index in [0.717, 1.165) is 25.2 Å². The number of likely N-dealkylation sites (N-methyl/N-ethyl adjacent to an activating group) is 2. The van der Waals surface area contributed by atoms with E-state index in [2.05, 4.69) is 28.8 Å². The summed E-state index contributed by atoms with van der Waals surface area (Å²) in [6.45, 7) is 7.69. The van der Waals surface area contributed by atoms with Crippen molar-refractivity contribution < 1.29 is 18.7 Å². The van der Waals surface area contributed by atoms with Crippen LogP contribution in [0.1, 0.15) is 24.2 Å². The predicted octanol–water partition coefficient (Wildman–Crippen LogP) is 3.73. The number of carbonyl (C=O) groups is 1. The lowest BCUT2D eigenvalue weighted by atomic mass is 10.1. The Morgan fingerprint density at radius 3 is 2.69 bits per heavy atom. The fourth-order valence-corrected chi connectivity index (χ4v) is 4.11. The van der Waals surface area contributed by atoms with Gasteiger partial charge in [0.2, 0.25) is 6.79 Å². The summed E-state index contributed by atoms with van der Waals surface area (Å²) in [6.07, 6.45) is 4.77. The molecule has 1 aliphatic rings. The highest BCUT2D eigenvalue weighted by atomic mass is 16.7. The fourth-order valence-electron chi connectivity index (χ4n) is 4.11. The van der Waals surface area contributed by atoms with Gasteiger partial charge in [-0.1, -0.05) is 13.8 Å². The van der Waals surface area contributed by atoms with Crippen molar-refractivity contribution in [3.8, 4) is 40.2 Å². The number of nitrogens with zero attached hydrogens (tertiary/aromatic N) is 6. The zero-order valence-corrected chi connectivity index (χ0v) is 20.5. The Kier molecular flexibility index (Phi) is 6.68. The molecule has 0 radical (unpaired) electrons. The first-order valence-corrected chi connectivity index (χ1v) is 11.9. The lowest BCUT2D eigenvalue weighted by molar-refractivity contribution is 0.0780. The summed E-state index contributed by atoms with van der Waals surface area (Å²) >= 11 is 0. The molecule has 1 amide bonds. The minimum Gasteiger partial charge on any atom is -0.463 e. The zero-order chi connectivity index (χ0) is 25.1. The summed E-state index contributed by atoms with van der Waals surface area (Å²) in [7, 11) is 1.80. The third kappa shape index (κ3) is 4.55. The van der Waals surface area contributed by atoms with Crippen molar-refractivity contribution in [1.29, 1.82) is 0 Å². The van der Waals surface area contributed by atoms with Crippen LogP contribution in [0.15, 0.2) is 59.5 Å². The predicted molar refractivity (Wildman–Crippen MR) is 133 cm³/mol. The van der Waals surface area contributed by atoms with Crippen LogP contribution < -0.4 is 9.47 Å². The molecule has 1 aromatic carbocycles. The summed E-state index contributed by atoms with van der Waals surface area (Å²) < 4.78 is 18.1. The van der Waals surface area contributed by atoms with Gasteiger partial charge in [0, 0.05) is 31.9 Å². The average molecular weight is 489 g/mol. The molecule has 3 aromatic heterocycles. The summed E-state index contributed by atoms with van der Waals surface area (Å²) in [5.74, 6) is 2.05. The highest BCUT2D eigenvalue weighted by molar-refractivity contribution is 5.99. The molecule has 0 unspecified atom stereocenters. The lowest BCUT2D eigenvalue weighted by Gasteiger charge is -2.23. The molecular formula is C26H28N6O4. The van der Waals surface area contributed by atoms with E-state index in [1.165, 1.54) is 0 Å². The third-order valence-corrected chi connectivity index (χ3v) is 6.25. The molecule has 10 nitrogen and oxygen atoms in total. The number of benzene rings is 1. The maximum Gasteiger partial charge on any atom is 0.257 e. The molecule has 10 heteroatoms. The van der Waals surface area contributed by atoms with E-state index in [9.17, 15) is 4.79 Å². The SMILES string of the molecule is CCN(CC)CCN(C)C(=O)c1cnn(-c2nccc(-c3ccc4c(c3)OCO4)n2)c1-c1ccco1. The van der Waals surface area contributed by atoms with Crippen molar-refractivity contribution in [2.24, 2.45) is 0 Å². The minimum absolute atomic E-state index is 0.147. The van der Waals surface area contributed by atoms with E-state index in [1.807, 2.05) is 24.3 Å². The zero-order valence-electron chi connectivity index (χ0n) is 20.5. The number of hydrogen-bond acceptors (Lipinski definition) is 8. The summed E-state index contributed by atoms with van der Waals surface area (Å²) in [5, 5.41) is 4.50. The maximum absolute atomic E-state index is 13.4. The first kappa shape index (κ1) is 23.6. The summed E-state index contributed by atoms with van der Waals surface area (Å²) in [4.78, 5) is 26.6. The van der Waals surface area contributed by atoms with Crippen molar-refractivity contribution in [2.45, 2.75) is 13.8 Å². The highest BCUT2D eigenvalue weighted by Crippen LogP contribution is 2.35. The van der Waals surface area contributed by atoms with Gasteiger partial charge in [0.25, 0.3) is 11.9 Å².